The number of fused-ring (bicyclic) bond motifs is 2. The molecule has 0 bridgehead atoms. The Bertz CT molecular complexity index is 1220. The third-order valence-electron chi connectivity index (χ3n) is 6.19. The molecule has 2 aromatic carbocycles. The molecule has 2 heterocycles. The average molecular weight is 612 g/mol. The number of nitrogens with zero attached hydrogens (tertiary/aromatic N) is 2. The molecule has 0 atom stereocenters. The SMILES string of the molecule is CC(C)(C)OC(=O)N1CCc2ccc(Br)c(F)c2C1.CC(C)(C)OC(=O)N1CCc2ccc(CO)c(F)c2C1. The average Bonchev–Trinajstić information content (AvgIpc) is 2.84. The topological polar surface area (TPSA) is 79.3 Å². The van der Waals surface area contributed by atoms with Gasteiger partial charge in [-0.3, -0.25) is 0 Å². The molecule has 10 heteroatoms. The maximum atomic E-state index is 14.2. The van der Waals surface area contributed by atoms with Crippen molar-refractivity contribution in [1.82, 2.24) is 9.80 Å². The van der Waals surface area contributed by atoms with Crippen molar-refractivity contribution in [3.8, 4) is 0 Å². The normalized spacial score (nSPS) is 15.0. The number of halogens is 3. The molecule has 2 amide bonds. The van der Waals surface area contributed by atoms with Crippen LogP contribution >= 0.6 is 15.9 Å². The number of ether oxygens (including phenoxy) is 2. The van der Waals surface area contributed by atoms with Gasteiger partial charge in [-0.15, -0.1) is 0 Å². The summed E-state index contributed by atoms with van der Waals surface area (Å²) in [6.07, 6.45) is 0.421. The first kappa shape index (κ1) is 30.8. The summed E-state index contributed by atoms with van der Waals surface area (Å²) in [4.78, 5) is 27.1. The number of rotatable bonds is 1. The highest BCUT2D eigenvalue weighted by molar-refractivity contribution is 9.10. The third kappa shape index (κ3) is 8.14. The fourth-order valence-electron chi connectivity index (χ4n) is 4.29. The number of benzene rings is 2. The summed E-state index contributed by atoms with van der Waals surface area (Å²) in [6.45, 7) is 12.0. The maximum absolute atomic E-state index is 14.2. The van der Waals surface area contributed by atoms with Crippen LogP contribution in [0.2, 0.25) is 0 Å². The first-order valence-corrected chi connectivity index (χ1v) is 13.7. The van der Waals surface area contributed by atoms with Gasteiger partial charge in [0.15, 0.2) is 0 Å². The first-order valence-electron chi connectivity index (χ1n) is 12.9. The molecule has 0 radical (unpaired) electrons. The second-order valence-corrected chi connectivity index (χ2v) is 12.5. The second-order valence-electron chi connectivity index (χ2n) is 11.6. The Morgan fingerprint density at radius 1 is 0.821 bits per heavy atom. The van der Waals surface area contributed by atoms with Gasteiger partial charge in [0.2, 0.25) is 0 Å². The fraction of sp³-hybridized carbons (Fsp3) is 0.517. The molecule has 39 heavy (non-hydrogen) atoms. The summed E-state index contributed by atoms with van der Waals surface area (Å²) in [5.41, 5.74) is 2.06. The Labute approximate surface area is 237 Å². The lowest BCUT2D eigenvalue weighted by molar-refractivity contribution is 0.0211. The number of amides is 2. The van der Waals surface area contributed by atoms with Crippen molar-refractivity contribution in [2.24, 2.45) is 0 Å². The molecule has 0 saturated heterocycles. The Morgan fingerprint density at radius 2 is 1.26 bits per heavy atom. The largest absolute Gasteiger partial charge is 0.444 e. The Kier molecular flexibility index (Phi) is 9.64. The van der Waals surface area contributed by atoms with Crippen LogP contribution < -0.4 is 0 Å². The van der Waals surface area contributed by atoms with Crippen LogP contribution in [0, 0.1) is 11.6 Å². The molecule has 4 rings (SSSR count). The molecule has 7 nitrogen and oxygen atoms in total. The number of hydrogen-bond acceptors (Lipinski definition) is 5. The van der Waals surface area contributed by atoms with E-state index in [4.69, 9.17) is 14.6 Å². The number of carbonyl (C=O) groups excluding carboxylic acids is 2. The van der Waals surface area contributed by atoms with Crippen molar-refractivity contribution < 1.29 is 33.0 Å². The van der Waals surface area contributed by atoms with E-state index in [-0.39, 0.29) is 31.1 Å². The van der Waals surface area contributed by atoms with E-state index in [9.17, 15) is 18.4 Å². The van der Waals surface area contributed by atoms with Gasteiger partial charge in [0.05, 0.1) is 24.2 Å². The zero-order valence-corrected chi connectivity index (χ0v) is 25.0. The van der Waals surface area contributed by atoms with Gasteiger partial charge in [0.25, 0.3) is 0 Å². The van der Waals surface area contributed by atoms with Crippen molar-refractivity contribution in [1.29, 1.82) is 0 Å². The minimum atomic E-state index is -0.567. The molecule has 0 saturated carbocycles. The maximum Gasteiger partial charge on any atom is 0.410 e. The van der Waals surface area contributed by atoms with Crippen molar-refractivity contribution in [2.45, 2.75) is 85.3 Å². The minimum absolute atomic E-state index is 0.184. The molecule has 214 valence electrons. The first-order chi connectivity index (χ1) is 18.1. The predicted molar refractivity (Wildman–Crippen MR) is 147 cm³/mol. The Morgan fingerprint density at radius 3 is 1.69 bits per heavy atom. The highest BCUT2D eigenvalue weighted by Crippen LogP contribution is 2.28. The molecule has 0 aromatic heterocycles. The van der Waals surface area contributed by atoms with Gasteiger partial charge >= 0.3 is 12.2 Å². The molecular weight excluding hydrogens is 574 g/mol. The quantitative estimate of drug-likeness (QED) is 0.399. The van der Waals surface area contributed by atoms with Gasteiger partial charge in [-0.25, -0.2) is 18.4 Å². The molecule has 2 aliphatic heterocycles. The summed E-state index contributed by atoms with van der Waals surface area (Å²) in [5.74, 6) is -0.705. The van der Waals surface area contributed by atoms with Crippen LogP contribution in [0.25, 0.3) is 0 Å². The molecule has 0 unspecified atom stereocenters. The molecule has 0 aliphatic carbocycles. The predicted octanol–water partition coefficient (Wildman–Crippen LogP) is 6.49. The standard InChI is InChI=1S/C15H20FNO3.C14H17BrFNO2/c1-15(2,3)20-14(19)17-7-6-10-4-5-11(9-18)13(16)12(10)8-17;1-14(2,3)19-13(18)17-7-6-9-4-5-11(15)12(16)10(9)8-17/h4-5,18H,6-9H2,1-3H3;4-5H,6-8H2,1-3H3. The van der Waals surface area contributed by atoms with Crippen LogP contribution in [0.15, 0.2) is 28.7 Å². The van der Waals surface area contributed by atoms with Crippen LogP contribution in [0.3, 0.4) is 0 Å². The van der Waals surface area contributed by atoms with Gasteiger partial charge < -0.3 is 24.4 Å². The Hall–Kier alpha value is -2.72. The number of aliphatic hydroxyl groups is 1. The highest BCUT2D eigenvalue weighted by Gasteiger charge is 2.29. The van der Waals surface area contributed by atoms with E-state index in [1.807, 2.05) is 32.9 Å². The van der Waals surface area contributed by atoms with Gasteiger partial charge in [-0.1, -0.05) is 18.2 Å². The van der Waals surface area contributed by atoms with Crippen LogP contribution in [-0.2, 0) is 42.0 Å². The summed E-state index contributed by atoms with van der Waals surface area (Å²) in [6, 6.07) is 7.01. The monoisotopic (exact) mass is 610 g/mol. The van der Waals surface area contributed by atoms with Crippen LogP contribution in [-0.4, -0.2) is 51.4 Å². The number of aliphatic hydroxyl groups excluding tert-OH is 1. The van der Waals surface area contributed by atoms with E-state index in [1.165, 1.54) is 4.90 Å². The van der Waals surface area contributed by atoms with Crippen molar-refractivity contribution in [2.75, 3.05) is 13.1 Å². The van der Waals surface area contributed by atoms with E-state index in [0.29, 0.717) is 41.5 Å². The van der Waals surface area contributed by atoms with Crippen LogP contribution in [0.1, 0.15) is 69.4 Å². The van der Waals surface area contributed by atoms with Gasteiger partial charge in [-0.2, -0.15) is 0 Å². The summed E-state index contributed by atoms with van der Waals surface area (Å²) in [7, 11) is 0. The second kappa shape index (κ2) is 12.2. The Balaban J connectivity index is 0.000000216. The molecule has 2 aromatic rings. The summed E-state index contributed by atoms with van der Waals surface area (Å²) < 4.78 is 39.3. The summed E-state index contributed by atoms with van der Waals surface area (Å²) >= 11 is 3.17. The van der Waals surface area contributed by atoms with E-state index < -0.39 is 29.2 Å². The molecule has 2 aliphatic rings. The molecule has 1 N–H and O–H groups in total. The fourth-order valence-corrected chi connectivity index (χ4v) is 4.66. The lowest BCUT2D eigenvalue weighted by atomic mass is 9.97. The van der Waals surface area contributed by atoms with E-state index in [0.717, 1.165) is 11.1 Å². The van der Waals surface area contributed by atoms with Gasteiger partial charge in [0, 0.05) is 29.8 Å². The van der Waals surface area contributed by atoms with Crippen LogP contribution in [0.5, 0.6) is 0 Å². The van der Waals surface area contributed by atoms with E-state index >= 15 is 0 Å². The zero-order valence-electron chi connectivity index (χ0n) is 23.4. The smallest absolute Gasteiger partial charge is 0.410 e. The zero-order chi connectivity index (χ0) is 29.1. The third-order valence-corrected chi connectivity index (χ3v) is 6.80. The minimum Gasteiger partial charge on any atom is -0.444 e. The number of carbonyl (C=O) groups is 2. The van der Waals surface area contributed by atoms with Crippen molar-refractivity contribution >= 4 is 28.1 Å². The lowest BCUT2D eigenvalue weighted by Gasteiger charge is -2.31. The lowest BCUT2D eigenvalue weighted by Crippen LogP contribution is -2.40. The number of hydrogen-bond donors (Lipinski definition) is 1. The van der Waals surface area contributed by atoms with Crippen molar-refractivity contribution in [3.63, 3.8) is 0 Å². The van der Waals surface area contributed by atoms with Gasteiger partial charge in [-0.05, 0) is 87.5 Å². The molecular formula is C29H37BrF2N2O5. The summed E-state index contributed by atoms with van der Waals surface area (Å²) in [5, 5.41) is 9.10. The van der Waals surface area contributed by atoms with Crippen LogP contribution in [0.4, 0.5) is 18.4 Å². The van der Waals surface area contributed by atoms with Crippen molar-refractivity contribution in [3.05, 3.63) is 68.2 Å². The van der Waals surface area contributed by atoms with Gasteiger partial charge in [0.1, 0.15) is 22.8 Å². The van der Waals surface area contributed by atoms with E-state index in [1.54, 1.807) is 37.8 Å². The molecule has 0 fully saturated rings. The highest BCUT2D eigenvalue weighted by atomic mass is 79.9. The molecule has 0 spiro atoms. The van der Waals surface area contributed by atoms with E-state index in [2.05, 4.69) is 15.9 Å².